The monoisotopic (exact) mass is 563 g/mol. The molecular weight excluding hydrogens is 534 g/mol. The van der Waals surface area contributed by atoms with Crippen molar-refractivity contribution in [1.29, 1.82) is 0 Å². The van der Waals surface area contributed by atoms with Gasteiger partial charge < -0.3 is 23.8 Å². The van der Waals surface area contributed by atoms with Gasteiger partial charge in [0, 0.05) is 24.2 Å². The average molecular weight is 564 g/mol. The molecule has 11 nitrogen and oxygen atoms in total. The lowest BCUT2D eigenvalue weighted by atomic mass is 10.2. The number of hydrogen-bond acceptors (Lipinski definition) is 9. The van der Waals surface area contributed by atoms with E-state index in [1.54, 1.807) is 55.6 Å². The van der Waals surface area contributed by atoms with Crippen LogP contribution in [0.15, 0.2) is 60.9 Å². The fraction of sp³-hybridized carbons (Fsp3) is 0.360. The minimum Gasteiger partial charge on any atom is -0.497 e. The van der Waals surface area contributed by atoms with Crippen LogP contribution >= 0.6 is 12.6 Å². The lowest BCUT2D eigenvalue weighted by Gasteiger charge is -2.28. The van der Waals surface area contributed by atoms with Gasteiger partial charge in [-0.25, -0.2) is 9.59 Å². The molecule has 0 aliphatic carbocycles. The number of hydrogen-bond donors (Lipinski definition) is 1. The molecule has 2 heterocycles. The molecule has 2 amide bonds. The molecule has 0 spiro atoms. The third kappa shape index (κ3) is 6.27. The predicted octanol–water partition coefficient (Wildman–Crippen LogP) is 3.38. The predicted molar refractivity (Wildman–Crippen MR) is 141 cm³/mol. The van der Waals surface area contributed by atoms with E-state index < -0.39 is 28.4 Å². The number of rotatable bonds is 8. The summed E-state index contributed by atoms with van der Waals surface area (Å²) in [7, 11) is -1.11. The van der Waals surface area contributed by atoms with Crippen molar-refractivity contribution in [2.24, 2.45) is 0 Å². The minimum absolute atomic E-state index is 0.0546. The zero-order valence-electron chi connectivity index (χ0n) is 20.9. The molecule has 0 saturated carbocycles. The van der Waals surface area contributed by atoms with Crippen molar-refractivity contribution < 1.29 is 37.0 Å². The first-order chi connectivity index (χ1) is 18.2. The van der Waals surface area contributed by atoms with Crippen LogP contribution in [0.1, 0.15) is 17.5 Å². The number of ether oxygens (including phenoxy) is 4. The van der Waals surface area contributed by atoms with Crippen LogP contribution in [-0.4, -0.2) is 72.7 Å². The van der Waals surface area contributed by atoms with Crippen molar-refractivity contribution >= 4 is 35.0 Å². The molecule has 38 heavy (non-hydrogen) atoms. The largest absolute Gasteiger partial charge is 0.497 e. The molecule has 0 N–H and O–H groups in total. The molecule has 1 fully saturated rings. The van der Waals surface area contributed by atoms with E-state index in [2.05, 4.69) is 12.6 Å². The van der Waals surface area contributed by atoms with Gasteiger partial charge in [-0.3, -0.25) is 4.31 Å². The fourth-order valence-electron chi connectivity index (χ4n) is 4.09. The van der Waals surface area contributed by atoms with Crippen molar-refractivity contribution in [3.8, 4) is 11.5 Å². The summed E-state index contributed by atoms with van der Waals surface area (Å²) in [5.74, 6) is 1.34. The number of likely N-dealkylation sites (tertiary alicyclic amines) is 1. The smallest absolute Gasteiger partial charge is 0.429 e. The first-order valence-electron chi connectivity index (χ1n) is 11.7. The Bertz CT molecular complexity index is 1270. The van der Waals surface area contributed by atoms with Gasteiger partial charge in [0.25, 0.3) is 0 Å². The fourth-order valence-corrected chi connectivity index (χ4v) is 5.75. The van der Waals surface area contributed by atoms with Gasteiger partial charge in [-0.05, 0) is 41.8 Å². The normalized spacial score (nSPS) is 19.9. The topological polar surface area (TPSA) is 115 Å². The Morgan fingerprint density at radius 3 is 1.92 bits per heavy atom. The Hall–Kier alpha value is -3.58. The highest BCUT2D eigenvalue weighted by molar-refractivity contribution is 7.87. The first-order valence-corrected chi connectivity index (χ1v) is 13.7. The van der Waals surface area contributed by atoms with E-state index in [0.717, 1.165) is 16.1 Å². The number of thiol groups is 1. The van der Waals surface area contributed by atoms with Crippen LogP contribution in [-0.2, 0) is 32.9 Å². The molecule has 2 aromatic carbocycles. The molecule has 0 unspecified atom stereocenters. The molecule has 0 radical (unpaired) electrons. The maximum atomic E-state index is 13.0. The van der Waals surface area contributed by atoms with Crippen molar-refractivity contribution in [2.75, 3.05) is 27.3 Å². The summed E-state index contributed by atoms with van der Waals surface area (Å²) in [6, 6.07) is 13.5. The van der Waals surface area contributed by atoms with Crippen LogP contribution in [0.25, 0.3) is 0 Å². The number of nitrogens with zero attached hydrogens (tertiary/aromatic N) is 3. The number of amides is 2. The standard InChI is InChI=1S/C25H29N3O8S2/c1-33-21-7-3-18(4-8-21)16-35-24(29)27-15-23(37)13-20(27)14-26-11-12-28(38(26,31)32)25(30)36-17-19-5-9-22(34-2)10-6-19/h3-12,20,23,37H,13-17H2,1-2H3/t20-,23-/m0/s1. The summed E-state index contributed by atoms with van der Waals surface area (Å²) in [4.78, 5) is 26.8. The zero-order chi connectivity index (χ0) is 27.3. The van der Waals surface area contributed by atoms with Crippen molar-refractivity contribution in [3.63, 3.8) is 0 Å². The zero-order valence-corrected chi connectivity index (χ0v) is 22.6. The minimum atomic E-state index is -4.21. The van der Waals surface area contributed by atoms with Crippen LogP contribution < -0.4 is 9.47 Å². The van der Waals surface area contributed by atoms with Crippen LogP contribution in [0, 0.1) is 0 Å². The Labute approximate surface area is 227 Å². The summed E-state index contributed by atoms with van der Waals surface area (Å²) in [6.07, 6.45) is 1.26. The van der Waals surface area contributed by atoms with Gasteiger partial charge in [-0.15, -0.1) is 0 Å². The van der Waals surface area contributed by atoms with Crippen LogP contribution in [0.3, 0.4) is 0 Å². The molecule has 2 aromatic rings. The summed E-state index contributed by atoms with van der Waals surface area (Å²) >= 11 is 4.49. The summed E-state index contributed by atoms with van der Waals surface area (Å²) in [6.45, 7) is 0.190. The number of benzene rings is 2. The second-order valence-electron chi connectivity index (χ2n) is 8.67. The van der Waals surface area contributed by atoms with E-state index in [0.29, 0.717) is 34.3 Å². The lowest BCUT2D eigenvalue weighted by molar-refractivity contribution is 0.0901. The Morgan fingerprint density at radius 1 is 0.868 bits per heavy atom. The molecular formula is C25H29N3O8S2. The van der Waals surface area contributed by atoms with E-state index in [4.69, 9.17) is 18.9 Å². The molecule has 204 valence electrons. The van der Waals surface area contributed by atoms with E-state index in [1.807, 2.05) is 0 Å². The second-order valence-corrected chi connectivity index (χ2v) is 11.2. The summed E-state index contributed by atoms with van der Waals surface area (Å²) in [5, 5.41) is -0.145. The number of methoxy groups -OCH3 is 2. The molecule has 4 rings (SSSR count). The van der Waals surface area contributed by atoms with Gasteiger partial charge in [-0.2, -0.15) is 25.4 Å². The van der Waals surface area contributed by atoms with Gasteiger partial charge >= 0.3 is 22.4 Å². The molecule has 13 heteroatoms. The molecule has 0 bridgehead atoms. The van der Waals surface area contributed by atoms with Crippen LogP contribution in [0.5, 0.6) is 11.5 Å². The summed E-state index contributed by atoms with van der Waals surface area (Å²) < 4.78 is 48.5. The van der Waals surface area contributed by atoms with Gasteiger partial charge in [0.05, 0.1) is 26.8 Å². The Morgan fingerprint density at radius 2 is 1.39 bits per heavy atom. The van der Waals surface area contributed by atoms with Crippen molar-refractivity contribution in [1.82, 2.24) is 13.5 Å². The van der Waals surface area contributed by atoms with Crippen molar-refractivity contribution in [2.45, 2.75) is 30.9 Å². The second kappa shape index (κ2) is 11.9. The van der Waals surface area contributed by atoms with E-state index >= 15 is 0 Å². The molecule has 0 aromatic heterocycles. The van der Waals surface area contributed by atoms with Gasteiger partial charge in [0.2, 0.25) is 0 Å². The average Bonchev–Trinajstić information content (AvgIpc) is 3.44. The number of carbonyl (C=O) groups excluding carboxylic acids is 2. The highest BCUT2D eigenvalue weighted by atomic mass is 32.2. The molecule has 2 aliphatic rings. The van der Waals surface area contributed by atoms with E-state index in [9.17, 15) is 18.0 Å². The lowest BCUT2D eigenvalue weighted by Crippen LogP contribution is -2.45. The Kier molecular flexibility index (Phi) is 8.57. The third-order valence-electron chi connectivity index (χ3n) is 6.15. The molecule has 2 aliphatic heterocycles. The molecule has 1 saturated heterocycles. The van der Waals surface area contributed by atoms with Crippen molar-refractivity contribution in [3.05, 3.63) is 72.1 Å². The van der Waals surface area contributed by atoms with E-state index in [1.165, 1.54) is 18.2 Å². The maximum absolute atomic E-state index is 13.0. The van der Waals surface area contributed by atoms with Crippen LogP contribution in [0.2, 0.25) is 0 Å². The first kappa shape index (κ1) is 27.5. The van der Waals surface area contributed by atoms with Gasteiger partial charge in [0.15, 0.2) is 0 Å². The summed E-state index contributed by atoms with van der Waals surface area (Å²) in [5.41, 5.74) is 1.46. The Balaban J connectivity index is 1.33. The number of carbonyl (C=O) groups is 2. The van der Waals surface area contributed by atoms with Crippen LogP contribution in [0.4, 0.5) is 9.59 Å². The highest BCUT2D eigenvalue weighted by Gasteiger charge is 2.42. The van der Waals surface area contributed by atoms with Gasteiger partial charge in [0.1, 0.15) is 24.7 Å². The SMILES string of the molecule is COc1ccc(COC(=O)N2C[C@@H](S)C[C@H]2CN2C=CN(C(=O)OCc3ccc(OC)cc3)S2(=O)=O)cc1. The molecule has 2 atom stereocenters. The van der Waals surface area contributed by atoms with E-state index in [-0.39, 0.29) is 25.0 Å². The third-order valence-corrected chi connectivity index (χ3v) is 8.16. The maximum Gasteiger partial charge on any atom is 0.429 e. The van der Waals surface area contributed by atoms with Gasteiger partial charge in [-0.1, -0.05) is 24.3 Å². The highest BCUT2D eigenvalue weighted by Crippen LogP contribution is 2.28. The quantitative estimate of drug-likeness (QED) is 0.486.